The Kier molecular flexibility index (Phi) is 5.38. The molecule has 0 aliphatic rings. The van der Waals surface area contributed by atoms with E-state index in [9.17, 15) is 0 Å². The minimum atomic E-state index is 0.231. The molecule has 2 rings (SSSR count). The molecular weight excluding hydrogens is 232 g/mol. The third-order valence-electron chi connectivity index (χ3n) is 2.11. The van der Waals surface area contributed by atoms with Gasteiger partial charge in [-0.1, -0.05) is 12.1 Å². The van der Waals surface area contributed by atoms with E-state index in [-0.39, 0.29) is 11.5 Å². The van der Waals surface area contributed by atoms with Gasteiger partial charge in [-0.05, 0) is 24.3 Å². The van der Waals surface area contributed by atoms with Gasteiger partial charge in [0, 0.05) is 12.1 Å². The van der Waals surface area contributed by atoms with Gasteiger partial charge in [0.2, 0.25) is 0 Å². The van der Waals surface area contributed by atoms with Crippen LogP contribution in [0, 0.1) is 0 Å². The first-order chi connectivity index (χ1) is 8.65. The molecule has 2 aromatic rings. The zero-order valence-electron chi connectivity index (χ0n) is 10.3. The molecule has 0 spiro atoms. The Morgan fingerprint density at radius 1 is 0.722 bits per heavy atom. The molecule has 4 nitrogen and oxygen atoms in total. The first-order valence-electron chi connectivity index (χ1n) is 5.31. The Balaban J connectivity index is 0.000000180. The maximum absolute atomic E-state index is 8.86. The molecule has 0 unspecified atom stereocenters. The quantitative estimate of drug-likeness (QED) is 0.858. The van der Waals surface area contributed by atoms with Crippen molar-refractivity contribution in [3.8, 4) is 23.0 Å². The normalized spacial score (nSPS) is 9.00. The topological polar surface area (TPSA) is 58.9 Å². The molecule has 0 radical (unpaired) electrons. The van der Waals surface area contributed by atoms with Gasteiger partial charge in [0.05, 0.1) is 14.2 Å². The minimum absolute atomic E-state index is 0.231. The van der Waals surface area contributed by atoms with Gasteiger partial charge < -0.3 is 19.7 Å². The predicted octanol–water partition coefficient (Wildman–Crippen LogP) is 2.80. The van der Waals surface area contributed by atoms with E-state index in [1.807, 2.05) is 0 Å². The van der Waals surface area contributed by atoms with Crippen molar-refractivity contribution in [1.82, 2.24) is 0 Å². The zero-order valence-corrected chi connectivity index (χ0v) is 10.3. The fourth-order valence-corrected chi connectivity index (χ4v) is 1.22. The van der Waals surface area contributed by atoms with Gasteiger partial charge in [-0.25, -0.2) is 0 Å². The lowest BCUT2D eigenvalue weighted by atomic mass is 10.3. The lowest BCUT2D eigenvalue weighted by molar-refractivity contribution is 0.407. The summed E-state index contributed by atoms with van der Waals surface area (Å²) in [4.78, 5) is 0. The summed E-state index contributed by atoms with van der Waals surface area (Å²) in [6.07, 6.45) is 0. The number of hydrogen-bond acceptors (Lipinski definition) is 4. The Labute approximate surface area is 106 Å². The van der Waals surface area contributed by atoms with Gasteiger partial charge in [-0.2, -0.15) is 0 Å². The number of phenolic OH excluding ortho intramolecular Hbond substituents is 2. The lowest BCUT2D eigenvalue weighted by Crippen LogP contribution is -1.79. The summed E-state index contributed by atoms with van der Waals surface area (Å²) in [6.45, 7) is 0. The Morgan fingerprint density at radius 3 is 1.33 bits per heavy atom. The van der Waals surface area contributed by atoms with E-state index < -0.39 is 0 Å². The van der Waals surface area contributed by atoms with E-state index in [0.29, 0.717) is 11.5 Å². The number of ether oxygens (including phenoxy) is 2. The monoisotopic (exact) mass is 248 g/mol. The fraction of sp³-hybridized carbons (Fsp3) is 0.143. The van der Waals surface area contributed by atoms with Crippen LogP contribution >= 0.6 is 0 Å². The second-order valence-electron chi connectivity index (χ2n) is 3.40. The smallest absolute Gasteiger partial charge is 0.122 e. The van der Waals surface area contributed by atoms with Gasteiger partial charge in [0.15, 0.2) is 0 Å². The highest BCUT2D eigenvalue weighted by atomic mass is 16.5. The summed E-state index contributed by atoms with van der Waals surface area (Å²) in [6, 6.07) is 13.3. The lowest BCUT2D eigenvalue weighted by Gasteiger charge is -1.97. The minimum Gasteiger partial charge on any atom is -0.508 e. The zero-order chi connectivity index (χ0) is 13.4. The van der Waals surface area contributed by atoms with E-state index in [0.717, 1.165) is 0 Å². The summed E-state index contributed by atoms with van der Waals surface area (Å²) < 4.78 is 9.67. The molecule has 0 aromatic heterocycles. The third-order valence-corrected chi connectivity index (χ3v) is 2.11. The van der Waals surface area contributed by atoms with E-state index in [1.54, 1.807) is 62.8 Å². The standard InChI is InChI=1S/2C7H8O2/c2*1-9-7-4-2-3-6(8)5-7/h2*2-5,8H,1H3. The Bertz CT molecular complexity index is 437. The van der Waals surface area contributed by atoms with Crippen LogP contribution in [0.15, 0.2) is 48.5 Å². The maximum Gasteiger partial charge on any atom is 0.122 e. The van der Waals surface area contributed by atoms with Crippen LogP contribution in [0.3, 0.4) is 0 Å². The molecule has 0 aliphatic heterocycles. The van der Waals surface area contributed by atoms with Crippen molar-refractivity contribution in [2.75, 3.05) is 14.2 Å². The molecule has 0 bridgehead atoms. The van der Waals surface area contributed by atoms with Crippen molar-refractivity contribution in [3.05, 3.63) is 48.5 Å². The molecular formula is C14H16O4. The van der Waals surface area contributed by atoms with Gasteiger partial charge in [0.1, 0.15) is 23.0 Å². The van der Waals surface area contributed by atoms with Crippen molar-refractivity contribution >= 4 is 0 Å². The van der Waals surface area contributed by atoms with Crippen LogP contribution in [0.2, 0.25) is 0 Å². The highest BCUT2D eigenvalue weighted by molar-refractivity contribution is 5.32. The molecule has 2 N–H and O–H groups in total. The first-order valence-corrected chi connectivity index (χ1v) is 5.31. The van der Waals surface area contributed by atoms with Crippen LogP contribution < -0.4 is 9.47 Å². The van der Waals surface area contributed by atoms with Gasteiger partial charge >= 0.3 is 0 Å². The van der Waals surface area contributed by atoms with Crippen molar-refractivity contribution in [3.63, 3.8) is 0 Å². The molecule has 0 saturated carbocycles. The van der Waals surface area contributed by atoms with Crippen molar-refractivity contribution in [2.24, 2.45) is 0 Å². The highest BCUT2D eigenvalue weighted by Gasteiger charge is 1.89. The molecule has 0 aliphatic carbocycles. The number of methoxy groups -OCH3 is 2. The molecule has 0 saturated heterocycles. The van der Waals surface area contributed by atoms with Crippen LogP contribution in [0.1, 0.15) is 0 Å². The number of phenols is 2. The van der Waals surface area contributed by atoms with Crippen LogP contribution in [0.25, 0.3) is 0 Å². The fourth-order valence-electron chi connectivity index (χ4n) is 1.22. The molecule has 0 atom stereocenters. The Hall–Kier alpha value is -2.36. The molecule has 4 heteroatoms. The van der Waals surface area contributed by atoms with Gasteiger partial charge in [0.25, 0.3) is 0 Å². The van der Waals surface area contributed by atoms with Crippen molar-refractivity contribution in [2.45, 2.75) is 0 Å². The average Bonchev–Trinajstić information content (AvgIpc) is 2.39. The van der Waals surface area contributed by atoms with Crippen LogP contribution in [0.4, 0.5) is 0 Å². The number of benzene rings is 2. The average molecular weight is 248 g/mol. The van der Waals surface area contributed by atoms with Crippen molar-refractivity contribution < 1.29 is 19.7 Å². The van der Waals surface area contributed by atoms with E-state index in [2.05, 4.69) is 0 Å². The SMILES string of the molecule is COc1cccc(O)c1.COc1cccc(O)c1. The third kappa shape index (κ3) is 4.65. The summed E-state index contributed by atoms with van der Waals surface area (Å²) >= 11 is 0. The largest absolute Gasteiger partial charge is 0.508 e. The molecule has 18 heavy (non-hydrogen) atoms. The molecule has 2 aromatic carbocycles. The number of hydrogen-bond donors (Lipinski definition) is 2. The van der Waals surface area contributed by atoms with E-state index in [1.165, 1.54) is 0 Å². The molecule has 0 fully saturated rings. The number of aromatic hydroxyl groups is 2. The predicted molar refractivity (Wildman–Crippen MR) is 69.3 cm³/mol. The van der Waals surface area contributed by atoms with Gasteiger partial charge in [-0.15, -0.1) is 0 Å². The van der Waals surface area contributed by atoms with Crippen molar-refractivity contribution in [1.29, 1.82) is 0 Å². The maximum atomic E-state index is 8.86. The summed E-state index contributed by atoms with van der Waals surface area (Å²) in [5.41, 5.74) is 0. The Morgan fingerprint density at radius 2 is 1.11 bits per heavy atom. The molecule has 0 amide bonds. The second-order valence-corrected chi connectivity index (χ2v) is 3.40. The molecule has 96 valence electrons. The van der Waals surface area contributed by atoms with Crippen LogP contribution in [0.5, 0.6) is 23.0 Å². The second kappa shape index (κ2) is 7.06. The van der Waals surface area contributed by atoms with Crippen LogP contribution in [-0.4, -0.2) is 24.4 Å². The summed E-state index contributed by atoms with van der Waals surface area (Å²) in [5, 5.41) is 17.7. The van der Waals surface area contributed by atoms with Gasteiger partial charge in [-0.3, -0.25) is 0 Å². The first kappa shape index (κ1) is 13.7. The molecule has 0 heterocycles. The summed E-state index contributed by atoms with van der Waals surface area (Å²) in [5.74, 6) is 1.81. The van der Waals surface area contributed by atoms with Crippen LogP contribution in [-0.2, 0) is 0 Å². The number of rotatable bonds is 2. The summed E-state index contributed by atoms with van der Waals surface area (Å²) in [7, 11) is 3.13. The highest BCUT2D eigenvalue weighted by Crippen LogP contribution is 2.17. The van der Waals surface area contributed by atoms with E-state index >= 15 is 0 Å². The van der Waals surface area contributed by atoms with E-state index in [4.69, 9.17) is 19.7 Å².